The highest BCUT2D eigenvalue weighted by atomic mass is 16.5. The molecule has 0 fully saturated rings. The van der Waals surface area contributed by atoms with Crippen LogP contribution in [0, 0.1) is 0 Å². The van der Waals surface area contributed by atoms with E-state index < -0.39 is 0 Å². The Balaban J connectivity index is 3.24. The van der Waals surface area contributed by atoms with E-state index in [0.29, 0.717) is 29.4 Å². The van der Waals surface area contributed by atoms with E-state index in [2.05, 4.69) is 0 Å². The smallest absolute Gasteiger partial charge is 0.204 e. The molecule has 0 atom stereocenters. The van der Waals surface area contributed by atoms with E-state index in [1.165, 1.54) is 14.2 Å². The molecular formula is C13H19NO4. The molecule has 0 radical (unpaired) electrons. The molecule has 0 bridgehead atoms. The summed E-state index contributed by atoms with van der Waals surface area (Å²) in [6.07, 6.45) is 0. The van der Waals surface area contributed by atoms with E-state index in [1.807, 2.05) is 14.1 Å². The van der Waals surface area contributed by atoms with Crippen LogP contribution < -0.4 is 14.2 Å². The fraction of sp³-hybridized carbons (Fsp3) is 0.462. The van der Waals surface area contributed by atoms with Crippen LogP contribution in [0.25, 0.3) is 0 Å². The first-order chi connectivity index (χ1) is 8.54. The number of rotatable bonds is 6. The molecule has 100 valence electrons. The number of Topliss-reactive ketones (excluding diaryl/α,β-unsaturated/α-hetero) is 1. The fourth-order valence-corrected chi connectivity index (χ4v) is 1.69. The van der Waals surface area contributed by atoms with Gasteiger partial charge < -0.3 is 19.1 Å². The van der Waals surface area contributed by atoms with Crippen LogP contribution >= 0.6 is 0 Å². The summed E-state index contributed by atoms with van der Waals surface area (Å²) in [5.41, 5.74) is 0.490. The molecule has 0 saturated heterocycles. The minimum Gasteiger partial charge on any atom is -0.493 e. The van der Waals surface area contributed by atoms with Gasteiger partial charge in [0.1, 0.15) is 0 Å². The molecule has 0 unspecified atom stereocenters. The topological polar surface area (TPSA) is 48.0 Å². The molecule has 0 amide bonds. The molecule has 5 nitrogen and oxygen atoms in total. The number of ketones is 1. The summed E-state index contributed by atoms with van der Waals surface area (Å²) in [7, 11) is 8.24. The second kappa shape index (κ2) is 6.26. The maximum Gasteiger partial charge on any atom is 0.204 e. The summed E-state index contributed by atoms with van der Waals surface area (Å²) in [6.45, 7) is 0.311. The second-order valence-electron chi connectivity index (χ2n) is 4.04. The minimum atomic E-state index is -0.0298. The Hall–Kier alpha value is -1.75. The number of ether oxygens (including phenoxy) is 3. The van der Waals surface area contributed by atoms with E-state index in [4.69, 9.17) is 14.2 Å². The normalized spacial score (nSPS) is 10.3. The summed E-state index contributed by atoms with van der Waals surface area (Å²) in [5.74, 6) is 1.35. The SMILES string of the molecule is COc1ccc(C(=O)CN(C)C)c(OC)c1OC. The summed E-state index contributed by atoms with van der Waals surface area (Å²) < 4.78 is 15.7. The van der Waals surface area contributed by atoms with Crippen LogP contribution in [0.15, 0.2) is 12.1 Å². The standard InChI is InChI=1S/C13H19NO4/c1-14(2)8-10(15)9-6-7-11(16-3)13(18-5)12(9)17-4/h6-7H,8H2,1-5H3. The van der Waals surface area contributed by atoms with Gasteiger partial charge in [0.25, 0.3) is 0 Å². The molecule has 0 spiro atoms. The van der Waals surface area contributed by atoms with Crippen molar-refractivity contribution in [3.63, 3.8) is 0 Å². The average molecular weight is 253 g/mol. The Morgan fingerprint density at radius 3 is 2.11 bits per heavy atom. The predicted molar refractivity (Wildman–Crippen MR) is 69.0 cm³/mol. The molecule has 5 heteroatoms. The summed E-state index contributed by atoms with van der Waals surface area (Å²) >= 11 is 0. The van der Waals surface area contributed by atoms with Crippen LogP contribution in [-0.2, 0) is 0 Å². The molecule has 0 aromatic heterocycles. The summed E-state index contributed by atoms with van der Waals surface area (Å²) in [4.78, 5) is 13.9. The number of carbonyl (C=O) groups is 1. The first-order valence-electron chi connectivity index (χ1n) is 5.52. The van der Waals surface area contributed by atoms with Gasteiger partial charge in [0.05, 0.1) is 33.4 Å². The number of nitrogens with zero attached hydrogens (tertiary/aromatic N) is 1. The van der Waals surface area contributed by atoms with E-state index in [9.17, 15) is 4.79 Å². The molecule has 0 saturated carbocycles. The zero-order valence-electron chi connectivity index (χ0n) is 11.4. The minimum absolute atomic E-state index is 0.0298. The average Bonchev–Trinajstić information content (AvgIpc) is 2.35. The van der Waals surface area contributed by atoms with Crippen LogP contribution in [0.5, 0.6) is 17.2 Å². The third kappa shape index (κ3) is 2.92. The van der Waals surface area contributed by atoms with Crippen LogP contribution in [0.2, 0.25) is 0 Å². The Bertz CT molecular complexity index is 429. The number of hydrogen-bond acceptors (Lipinski definition) is 5. The number of hydrogen-bond donors (Lipinski definition) is 0. The Morgan fingerprint density at radius 1 is 1.06 bits per heavy atom. The van der Waals surface area contributed by atoms with Crippen molar-refractivity contribution in [2.45, 2.75) is 0 Å². The lowest BCUT2D eigenvalue weighted by molar-refractivity contribution is 0.0954. The van der Waals surface area contributed by atoms with Crippen molar-refractivity contribution in [2.75, 3.05) is 42.0 Å². The molecule has 0 aliphatic rings. The molecule has 1 aromatic carbocycles. The van der Waals surface area contributed by atoms with E-state index >= 15 is 0 Å². The first kappa shape index (κ1) is 14.3. The monoisotopic (exact) mass is 253 g/mol. The number of carbonyl (C=O) groups excluding carboxylic acids is 1. The van der Waals surface area contributed by atoms with Gasteiger partial charge in [0.15, 0.2) is 17.3 Å². The van der Waals surface area contributed by atoms with Crippen molar-refractivity contribution in [3.8, 4) is 17.2 Å². The van der Waals surface area contributed by atoms with Crippen molar-refractivity contribution in [2.24, 2.45) is 0 Å². The van der Waals surface area contributed by atoms with Gasteiger partial charge in [-0.1, -0.05) is 0 Å². The molecule has 0 aliphatic carbocycles. The van der Waals surface area contributed by atoms with Crippen molar-refractivity contribution < 1.29 is 19.0 Å². The lowest BCUT2D eigenvalue weighted by Crippen LogP contribution is -2.22. The third-order valence-electron chi connectivity index (χ3n) is 2.46. The van der Waals surface area contributed by atoms with E-state index in [-0.39, 0.29) is 5.78 Å². The summed E-state index contributed by atoms with van der Waals surface area (Å²) in [5, 5.41) is 0. The van der Waals surface area contributed by atoms with Gasteiger partial charge in [-0.2, -0.15) is 0 Å². The highest BCUT2D eigenvalue weighted by Gasteiger charge is 2.20. The van der Waals surface area contributed by atoms with Crippen molar-refractivity contribution >= 4 is 5.78 Å². The van der Waals surface area contributed by atoms with Crippen LogP contribution in [0.3, 0.4) is 0 Å². The van der Waals surface area contributed by atoms with E-state index in [0.717, 1.165) is 0 Å². The fourth-order valence-electron chi connectivity index (χ4n) is 1.69. The maximum absolute atomic E-state index is 12.1. The van der Waals surface area contributed by atoms with Crippen LogP contribution in [0.1, 0.15) is 10.4 Å². The quantitative estimate of drug-likeness (QED) is 0.718. The van der Waals surface area contributed by atoms with Gasteiger partial charge in [0.2, 0.25) is 5.75 Å². The first-order valence-corrected chi connectivity index (χ1v) is 5.52. The van der Waals surface area contributed by atoms with Crippen LogP contribution in [-0.4, -0.2) is 52.7 Å². The molecule has 1 aromatic rings. The molecule has 1 rings (SSSR count). The van der Waals surface area contributed by atoms with Gasteiger partial charge in [0, 0.05) is 0 Å². The number of benzene rings is 1. The molecule has 0 aliphatic heterocycles. The van der Waals surface area contributed by atoms with Crippen LogP contribution in [0.4, 0.5) is 0 Å². The highest BCUT2D eigenvalue weighted by Crippen LogP contribution is 2.39. The lowest BCUT2D eigenvalue weighted by atomic mass is 10.1. The molecule has 18 heavy (non-hydrogen) atoms. The Kier molecular flexibility index (Phi) is 4.97. The Morgan fingerprint density at radius 2 is 1.67 bits per heavy atom. The molecule has 0 heterocycles. The molecule has 0 N–H and O–H groups in total. The van der Waals surface area contributed by atoms with E-state index in [1.54, 1.807) is 24.1 Å². The number of methoxy groups -OCH3 is 3. The van der Waals surface area contributed by atoms with Gasteiger partial charge in [-0.15, -0.1) is 0 Å². The second-order valence-corrected chi connectivity index (χ2v) is 4.04. The highest BCUT2D eigenvalue weighted by molar-refractivity contribution is 6.01. The predicted octanol–water partition coefficient (Wildman–Crippen LogP) is 1.46. The van der Waals surface area contributed by atoms with Gasteiger partial charge in [-0.25, -0.2) is 0 Å². The van der Waals surface area contributed by atoms with Gasteiger partial charge in [-0.05, 0) is 26.2 Å². The number of likely N-dealkylation sites (N-methyl/N-ethyl adjacent to an activating group) is 1. The van der Waals surface area contributed by atoms with Gasteiger partial charge >= 0.3 is 0 Å². The summed E-state index contributed by atoms with van der Waals surface area (Å²) in [6, 6.07) is 3.39. The van der Waals surface area contributed by atoms with Crippen molar-refractivity contribution in [1.82, 2.24) is 4.90 Å². The Labute approximate surface area is 107 Å². The zero-order chi connectivity index (χ0) is 13.7. The molecular weight excluding hydrogens is 234 g/mol. The largest absolute Gasteiger partial charge is 0.493 e. The van der Waals surface area contributed by atoms with Crippen molar-refractivity contribution in [3.05, 3.63) is 17.7 Å². The lowest BCUT2D eigenvalue weighted by Gasteiger charge is -2.16. The third-order valence-corrected chi connectivity index (χ3v) is 2.46. The zero-order valence-corrected chi connectivity index (χ0v) is 11.4. The van der Waals surface area contributed by atoms with Gasteiger partial charge in [-0.3, -0.25) is 4.79 Å². The van der Waals surface area contributed by atoms with Crippen molar-refractivity contribution in [1.29, 1.82) is 0 Å². The maximum atomic E-state index is 12.1.